The highest BCUT2D eigenvalue weighted by Crippen LogP contribution is 2.72. The molecule has 3 saturated carbocycles. The Morgan fingerprint density at radius 3 is 2.39 bits per heavy atom. The summed E-state index contributed by atoms with van der Waals surface area (Å²) in [7, 11) is 0. The van der Waals surface area contributed by atoms with Crippen molar-refractivity contribution in [3.05, 3.63) is 12.2 Å². The zero-order valence-electron chi connectivity index (χ0n) is 20.7. The first-order valence-corrected chi connectivity index (χ1v) is 13.3. The molecule has 0 bridgehead atoms. The first kappa shape index (κ1) is 23.8. The third kappa shape index (κ3) is 3.48. The maximum atomic E-state index is 11.6. The smallest absolute Gasteiger partial charge is 0.0632 e. The highest BCUT2D eigenvalue weighted by molar-refractivity contribution is 5.25. The molecule has 178 valence electrons. The van der Waals surface area contributed by atoms with Crippen molar-refractivity contribution in [1.29, 1.82) is 0 Å². The Morgan fingerprint density at radius 1 is 0.968 bits per heavy atom. The largest absolute Gasteiger partial charge is 0.396 e. The van der Waals surface area contributed by atoms with E-state index in [0.29, 0.717) is 23.7 Å². The standard InChI is InChI=1S/C28H48O3/c1-18(2)7-6-8-19(3)24-16-25(31)28(17-29)23-10-9-20-15-21(30)11-13-26(20,4)22(23)12-14-27(24,28)5/h9-10,18-25,29-31H,6-8,11-17H2,1-5H3/t19-,20+,21+,22+,23-,24-,25+,26+,27-,28?/m1/s1. The predicted molar refractivity (Wildman–Crippen MR) is 126 cm³/mol. The molecule has 0 amide bonds. The molecule has 10 atom stereocenters. The SMILES string of the molecule is CC(C)CCC[C@@H](C)[C@H]1C[C@H](O)C2(CO)[C@@H]3C=C[C@H]4C[C@@H](O)CC[C@]4(C)[C@H]3CC[C@]12C. The normalized spacial score (nSPS) is 50.1. The maximum absolute atomic E-state index is 11.6. The van der Waals surface area contributed by atoms with Crippen LogP contribution in [0.2, 0.25) is 0 Å². The lowest BCUT2D eigenvalue weighted by atomic mass is 9.41. The first-order valence-electron chi connectivity index (χ1n) is 13.3. The van der Waals surface area contributed by atoms with Gasteiger partial charge >= 0.3 is 0 Å². The molecule has 0 radical (unpaired) electrons. The van der Waals surface area contributed by atoms with E-state index in [1.165, 1.54) is 25.7 Å². The summed E-state index contributed by atoms with van der Waals surface area (Å²) in [5.41, 5.74) is -0.252. The molecule has 1 unspecified atom stereocenters. The summed E-state index contributed by atoms with van der Waals surface area (Å²) in [5.74, 6) is 3.00. The zero-order valence-corrected chi connectivity index (χ0v) is 20.7. The van der Waals surface area contributed by atoms with Crippen LogP contribution in [0.15, 0.2) is 12.2 Å². The summed E-state index contributed by atoms with van der Waals surface area (Å²) in [6, 6.07) is 0. The van der Waals surface area contributed by atoms with Gasteiger partial charge in [-0.2, -0.15) is 0 Å². The molecular weight excluding hydrogens is 384 g/mol. The lowest BCUT2D eigenvalue weighted by Crippen LogP contribution is -2.61. The van der Waals surface area contributed by atoms with Crippen LogP contribution >= 0.6 is 0 Å². The fraction of sp³-hybridized carbons (Fsp3) is 0.929. The van der Waals surface area contributed by atoms with Gasteiger partial charge in [-0.1, -0.05) is 66.0 Å². The van der Waals surface area contributed by atoms with Crippen LogP contribution < -0.4 is 0 Å². The van der Waals surface area contributed by atoms with Crippen molar-refractivity contribution in [2.24, 2.45) is 51.8 Å². The molecule has 3 heteroatoms. The van der Waals surface area contributed by atoms with E-state index in [-0.39, 0.29) is 29.5 Å². The first-order chi connectivity index (χ1) is 14.6. The monoisotopic (exact) mass is 432 g/mol. The minimum Gasteiger partial charge on any atom is -0.396 e. The fourth-order valence-corrected chi connectivity index (χ4v) is 9.15. The van der Waals surface area contributed by atoms with Gasteiger partial charge in [-0.3, -0.25) is 0 Å². The quantitative estimate of drug-likeness (QED) is 0.480. The van der Waals surface area contributed by atoms with Gasteiger partial charge < -0.3 is 15.3 Å². The Morgan fingerprint density at radius 2 is 1.71 bits per heavy atom. The molecular formula is C28H48O3. The minimum absolute atomic E-state index is 0.0126. The van der Waals surface area contributed by atoms with Crippen molar-refractivity contribution < 1.29 is 15.3 Å². The van der Waals surface area contributed by atoms with Crippen LogP contribution in [0.5, 0.6) is 0 Å². The van der Waals surface area contributed by atoms with Crippen LogP contribution in [0.4, 0.5) is 0 Å². The topological polar surface area (TPSA) is 60.7 Å². The van der Waals surface area contributed by atoms with Crippen molar-refractivity contribution in [3.8, 4) is 0 Å². The van der Waals surface area contributed by atoms with Crippen LogP contribution in [0.25, 0.3) is 0 Å². The summed E-state index contributed by atoms with van der Waals surface area (Å²) < 4.78 is 0. The van der Waals surface area contributed by atoms with E-state index in [2.05, 4.69) is 46.8 Å². The maximum Gasteiger partial charge on any atom is 0.0632 e. The molecule has 0 heterocycles. The molecule has 4 aliphatic carbocycles. The lowest BCUT2D eigenvalue weighted by Gasteiger charge is -2.64. The van der Waals surface area contributed by atoms with Crippen molar-refractivity contribution >= 4 is 0 Å². The summed E-state index contributed by atoms with van der Waals surface area (Å²) in [6.07, 6.45) is 13.9. The van der Waals surface area contributed by atoms with E-state index in [4.69, 9.17) is 0 Å². The Bertz CT molecular complexity index is 673. The van der Waals surface area contributed by atoms with Gasteiger partial charge in [-0.15, -0.1) is 0 Å². The lowest BCUT2D eigenvalue weighted by molar-refractivity contribution is -0.176. The van der Waals surface area contributed by atoms with Crippen LogP contribution in [0.1, 0.15) is 92.4 Å². The molecule has 0 aliphatic heterocycles. The number of allylic oxidation sites excluding steroid dienone is 2. The molecule has 31 heavy (non-hydrogen) atoms. The predicted octanol–water partition coefficient (Wildman–Crippen LogP) is 5.58. The third-order valence-corrected chi connectivity index (χ3v) is 11.1. The number of aliphatic hydroxyl groups excluding tert-OH is 3. The number of aliphatic hydroxyl groups is 3. The molecule has 3 N–H and O–H groups in total. The second-order valence-corrected chi connectivity index (χ2v) is 12.9. The molecule has 0 aromatic carbocycles. The van der Waals surface area contributed by atoms with Gasteiger partial charge in [0.25, 0.3) is 0 Å². The summed E-state index contributed by atoms with van der Waals surface area (Å²) in [6.45, 7) is 11.9. The molecule has 0 spiro atoms. The second kappa shape index (κ2) is 8.44. The van der Waals surface area contributed by atoms with Crippen LogP contribution in [-0.2, 0) is 0 Å². The summed E-state index contributed by atoms with van der Waals surface area (Å²) in [4.78, 5) is 0. The van der Waals surface area contributed by atoms with Crippen molar-refractivity contribution in [1.82, 2.24) is 0 Å². The summed E-state index contributed by atoms with van der Waals surface area (Å²) >= 11 is 0. The van der Waals surface area contributed by atoms with Crippen LogP contribution in [0.3, 0.4) is 0 Å². The zero-order chi connectivity index (χ0) is 22.6. The third-order valence-electron chi connectivity index (χ3n) is 11.1. The number of rotatable bonds is 6. The van der Waals surface area contributed by atoms with E-state index in [1.807, 2.05) is 0 Å². The van der Waals surface area contributed by atoms with Gasteiger partial charge in [-0.25, -0.2) is 0 Å². The highest BCUT2D eigenvalue weighted by Gasteiger charge is 2.70. The molecule has 3 fully saturated rings. The molecule has 4 aliphatic rings. The van der Waals surface area contributed by atoms with E-state index >= 15 is 0 Å². The van der Waals surface area contributed by atoms with Crippen molar-refractivity contribution in [3.63, 3.8) is 0 Å². The molecule has 0 saturated heterocycles. The fourth-order valence-electron chi connectivity index (χ4n) is 9.15. The summed E-state index contributed by atoms with van der Waals surface area (Å²) in [5, 5.41) is 32.8. The Kier molecular flexibility index (Phi) is 6.47. The molecule has 0 aromatic heterocycles. The molecule has 3 nitrogen and oxygen atoms in total. The van der Waals surface area contributed by atoms with Gasteiger partial charge in [0, 0.05) is 5.41 Å². The Hall–Kier alpha value is -0.380. The number of fused-ring (bicyclic) bond motifs is 5. The van der Waals surface area contributed by atoms with Gasteiger partial charge in [0.05, 0.1) is 18.8 Å². The van der Waals surface area contributed by atoms with E-state index in [0.717, 1.165) is 38.0 Å². The van der Waals surface area contributed by atoms with E-state index < -0.39 is 11.5 Å². The Balaban J connectivity index is 1.64. The molecule has 0 aromatic rings. The van der Waals surface area contributed by atoms with E-state index in [9.17, 15) is 15.3 Å². The van der Waals surface area contributed by atoms with Crippen LogP contribution in [0, 0.1) is 51.8 Å². The van der Waals surface area contributed by atoms with Crippen molar-refractivity contribution in [2.75, 3.05) is 6.61 Å². The van der Waals surface area contributed by atoms with Gasteiger partial charge in [0.2, 0.25) is 0 Å². The Labute approximate surface area is 190 Å². The number of hydrogen-bond donors (Lipinski definition) is 3. The van der Waals surface area contributed by atoms with Gasteiger partial charge in [-0.05, 0) is 84.9 Å². The number of hydrogen-bond acceptors (Lipinski definition) is 3. The second-order valence-electron chi connectivity index (χ2n) is 12.9. The molecule has 4 rings (SSSR count). The van der Waals surface area contributed by atoms with E-state index in [1.54, 1.807) is 0 Å². The van der Waals surface area contributed by atoms with Gasteiger partial charge in [0.15, 0.2) is 0 Å². The average Bonchev–Trinajstić information content (AvgIpc) is 2.95. The van der Waals surface area contributed by atoms with Gasteiger partial charge in [0.1, 0.15) is 0 Å². The van der Waals surface area contributed by atoms with Crippen molar-refractivity contribution in [2.45, 2.75) is 105 Å². The average molecular weight is 433 g/mol. The minimum atomic E-state index is -0.424. The van der Waals surface area contributed by atoms with Crippen LogP contribution in [-0.4, -0.2) is 34.1 Å². The highest BCUT2D eigenvalue weighted by atomic mass is 16.3.